The van der Waals surface area contributed by atoms with E-state index in [2.05, 4.69) is 21.6 Å². The molecule has 1 fully saturated rings. The van der Waals surface area contributed by atoms with Crippen molar-refractivity contribution in [3.8, 4) is 0 Å². The lowest BCUT2D eigenvalue weighted by atomic mass is 9.93. The fourth-order valence-electron chi connectivity index (χ4n) is 1.43. The predicted molar refractivity (Wildman–Crippen MR) is 47.8 cm³/mol. The molecule has 0 amide bonds. The Bertz CT molecular complexity index is 250. The number of hydrogen-bond acceptors (Lipinski definition) is 2. The molecule has 1 aromatic rings. The Balaban J connectivity index is 1.79. The van der Waals surface area contributed by atoms with E-state index in [9.17, 15) is 0 Å². The highest BCUT2D eigenvalue weighted by atomic mass is 15.1. The number of rotatable bonds is 3. The molecular formula is C9H15N3. The van der Waals surface area contributed by atoms with E-state index in [0.717, 1.165) is 24.0 Å². The summed E-state index contributed by atoms with van der Waals surface area (Å²) in [5.41, 5.74) is 2.26. The maximum absolute atomic E-state index is 4.16. The molecule has 0 unspecified atom stereocenters. The summed E-state index contributed by atoms with van der Waals surface area (Å²) >= 11 is 0. The lowest BCUT2D eigenvalue weighted by Gasteiger charge is -2.25. The SMILES string of the molecule is Cc1cc(CNC2CCC2)n[nH]1. The minimum Gasteiger partial charge on any atom is -0.308 e. The van der Waals surface area contributed by atoms with Crippen LogP contribution >= 0.6 is 0 Å². The Morgan fingerprint density at radius 2 is 2.50 bits per heavy atom. The van der Waals surface area contributed by atoms with Crippen LogP contribution in [0.1, 0.15) is 30.7 Å². The van der Waals surface area contributed by atoms with Gasteiger partial charge in [0.05, 0.1) is 5.69 Å². The number of nitrogens with one attached hydrogen (secondary N) is 2. The quantitative estimate of drug-likeness (QED) is 0.710. The van der Waals surface area contributed by atoms with Crippen molar-refractivity contribution < 1.29 is 0 Å². The smallest absolute Gasteiger partial charge is 0.0762 e. The lowest BCUT2D eigenvalue weighted by Crippen LogP contribution is -2.34. The van der Waals surface area contributed by atoms with Gasteiger partial charge in [-0.3, -0.25) is 5.10 Å². The molecular weight excluding hydrogens is 150 g/mol. The van der Waals surface area contributed by atoms with Crippen molar-refractivity contribution in [2.45, 2.75) is 38.8 Å². The van der Waals surface area contributed by atoms with Crippen molar-refractivity contribution in [1.29, 1.82) is 0 Å². The zero-order valence-corrected chi connectivity index (χ0v) is 7.43. The maximum Gasteiger partial charge on any atom is 0.0762 e. The average molecular weight is 165 g/mol. The summed E-state index contributed by atoms with van der Waals surface area (Å²) in [6, 6.07) is 2.84. The monoisotopic (exact) mass is 165 g/mol. The molecule has 0 saturated heterocycles. The summed E-state index contributed by atoms with van der Waals surface area (Å²) in [6.07, 6.45) is 4.06. The summed E-state index contributed by atoms with van der Waals surface area (Å²) in [5.74, 6) is 0. The van der Waals surface area contributed by atoms with Gasteiger partial charge in [-0.2, -0.15) is 5.10 Å². The second-order valence-electron chi connectivity index (χ2n) is 3.55. The van der Waals surface area contributed by atoms with Gasteiger partial charge in [0.25, 0.3) is 0 Å². The highest BCUT2D eigenvalue weighted by Gasteiger charge is 2.16. The first-order valence-corrected chi connectivity index (χ1v) is 4.59. The van der Waals surface area contributed by atoms with Crippen LogP contribution in [0.5, 0.6) is 0 Å². The largest absolute Gasteiger partial charge is 0.308 e. The Morgan fingerprint density at radius 3 is 3.00 bits per heavy atom. The Kier molecular flexibility index (Phi) is 2.13. The number of H-pyrrole nitrogens is 1. The van der Waals surface area contributed by atoms with Crippen molar-refractivity contribution in [3.63, 3.8) is 0 Å². The molecule has 0 radical (unpaired) electrons. The van der Waals surface area contributed by atoms with Gasteiger partial charge < -0.3 is 5.32 Å². The van der Waals surface area contributed by atoms with Crippen molar-refractivity contribution in [3.05, 3.63) is 17.5 Å². The molecule has 66 valence electrons. The van der Waals surface area contributed by atoms with Crippen LogP contribution in [0, 0.1) is 6.92 Å². The van der Waals surface area contributed by atoms with Gasteiger partial charge in [0.1, 0.15) is 0 Å². The second-order valence-corrected chi connectivity index (χ2v) is 3.55. The van der Waals surface area contributed by atoms with Gasteiger partial charge >= 0.3 is 0 Å². The maximum atomic E-state index is 4.16. The molecule has 0 aliphatic heterocycles. The van der Waals surface area contributed by atoms with E-state index in [1.54, 1.807) is 0 Å². The molecule has 1 saturated carbocycles. The van der Waals surface area contributed by atoms with Gasteiger partial charge in [-0.05, 0) is 25.8 Å². The van der Waals surface area contributed by atoms with Crippen LogP contribution in [-0.2, 0) is 6.54 Å². The van der Waals surface area contributed by atoms with Crippen LogP contribution in [0.4, 0.5) is 0 Å². The number of aromatic amines is 1. The second kappa shape index (κ2) is 3.27. The van der Waals surface area contributed by atoms with Crippen LogP contribution < -0.4 is 5.32 Å². The van der Waals surface area contributed by atoms with Gasteiger partial charge in [-0.15, -0.1) is 0 Å². The van der Waals surface area contributed by atoms with Crippen LogP contribution in [0.2, 0.25) is 0 Å². The van der Waals surface area contributed by atoms with Gasteiger partial charge in [0, 0.05) is 18.3 Å². The number of aryl methyl sites for hydroxylation is 1. The molecule has 2 rings (SSSR count). The zero-order valence-electron chi connectivity index (χ0n) is 7.43. The molecule has 0 spiro atoms. The molecule has 3 nitrogen and oxygen atoms in total. The molecule has 3 heteroatoms. The van der Waals surface area contributed by atoms with Crippen molar-refractivity contribution in [2.75, 3.05) is 0 Å². The van der Waals surface area contributed by atoms with E-state index in [-0.39, 0.29) is 0 Å². The third-order valence-electron chi connectivity index (χ3n) is 2.44. The molecule has 1 aliphatic rings. The molecule has 0 aromatic carbocycles. The highest BCUT2D eigenvalue weighted by Crippen LogP contribution is 2.18. The first-order valence-electron chi connectivity index (χ1n) is 4.59. The van der Waals surface area contributed by atoms with Crippen molar-refractivity contribution in [1.82, 2.24) is 15.5 Å². The fraction of sp³-hybridized carbons (Fsp3) is 0.667. The summed E-state index contributed by atoms with van der Waals surface area (Å²) in [7, 11) is 0. The third-order valence-corrected chi connectivity index (χ3v) is 2.44. The number of nitrogens with zero attached hydrogens (tertiary/aromatic N) is 1. The van der Waals surface area contributed by atoms with E-state index >= 15 is 0 Å². The van der Waals surface area contributed by atoms with Crippen molar-refractivity contribution in [2.24, 2.45) is 0 Å². The van der Waals surface area contributed by atoms with Gasteiger partial charge in [-0.1, -0.05) is 6.42 Å². The van der Waals surface area contributed by atoms with E-state index in [0.29, 0.717) is 0 Å². The van der Waals surface area contributed by atoms with E-state index in [4.69, 9.17) is 0 Å². The Hall–Kier alpha value is -0.830. The van der Waals surface area contributed by atoms with Crippen molar-refractivity contribution >= 4 is 0 Å². The van der Waals surface area contributed by atoms with Crippen LogP contribution in [0.25, 0.3) is 0 Å². The molecule has 1 aromatic heterocycles. The summed E-state index contributed by atoms with van der Waals surface area (Å²) < 4.78 is 0. The molecule has 0 bridgehead atoms. The van der Waals surface area contributed by atoms with Crippen LogP contribution in [0.3, 0.4) is 0 Å². The summed E-state index contributed by atoms with van der Waals surface area (Å²) in [6.45, 7) is 2.94. The normalized spacial score (nSPS) is 17.8. The first kappa shape index (κ1) is 7.80. The minimum absolute atomic E-state index is 0.752. The summed E-state index contributed by atoms with van der Waals surface area (Å²) in [5, 5.41) is 10.6. The third kappa shape index (κ3) is 1.67. The average Bonchev–Trinajstić information content (AvgIpc) is 2.32. The molecule has 2 N–H and O–H groups in total. The Morgan fingerprint density at radius 1 is 1.67 bits per heavy atom. The molecule has 1 heterocycles. The standard InChI is InChI=1S/C9H15N3/c1-7-5-9(12-11-7)6-10-8-3-2-4-8/h5,8,10H,2-4,6H2,1H3,(H,11,12). The lowest BCUT2D eigenvalue weighted by molar-refractivity contribution is 0.337. The van der Waals surface area contributed by atoms with Gasteiger partial charge in [0.2, 0.25) is 0 Å². The predicted octanol–water partition coefficient (Wildman–Crippen LogP) is 1.36. The van der Waals surface area contributed by atoms with E-state index < -0.39 is 0 Å². The van der Waals surface area contributed by atoms with E-state index in [1.165, 1.54) is 19.3 Å². The van der Waals surface area contributed by atoms with E-state index in [1.807, 2.05) is 6.92 Å². The fourth-order valence-corrected chi connectivity index (χ4v) is 1.43. The zero-order chi connectivity index (χ0) is 8.39. The highest BCUT2D eigenvalue weighted by molar-refractivity contribution is 5.06. The molecule has 0 atom stereocenters. The summed E-state index contributed by atoms with van der Waals surface area (Å²) in [4.78, 5) is 0. The van der Waals surface area contributed by atoms with Crippen LogP contribution in [0.15, 0.2) is 6.07 Å². The Labute approximate surface area is 72.6 Å². The molecule has 1 aliphatic carbocycles. The topological polar surface area (TPSA) is 40.7 Å². The van der Waals surface area contributed by atoms with Gasteiger partial charge in [0.15, 0.2) is 0 Å². The first-order chi connectivity index (χ1) is 5.84. The molecule has 12 heavy (non-hydrogen) atoms. The number of hydrogen-bond donors (Lipinski definition) is 2. The van der Waals surface area contributed by atoms with Crippen LogP contribution in [-0.4, -0.2) is 16.2 Å². The van der Waals surface area contributed by atoms with Gasteiger partial charge in [-0.25, -0.2) is 0 Å². The number of aromatic nitrogens is 2. The minimum atomic E-state index is 0.752.